The highest BCUT2D eigenvalue weighted by atomic mass is 32.2. The number of aliphatic carboxylic acids is 1. The number of anilines is 3. The molecule has 5 aromatic rings. The number of nitrogens with zero attached hydrogens (tertiary/aromatic N) is 2. The fourth-order valence-corrected chi connectivity index (χ4v) is 12.3. The van der Waals surface area contributed by atoms with E-state index in [9.17, 15) is 55.0 Å². The number of ether oxygens (including phenoxy) is 3. The predicted molar refractivity (Wildman–Crippen MR) is 293 cm³/mol. The normalized spacial score (nSPS) is 19.7. The van der Waals surface area contributed by atoms with Gasteiger partial charge in [-0.2, -0.15) is 13.2 Å². The fraction of sp³-hybridized carbons (Fsp3) is 0.424. The van der Waals surface area contributed by atoms with E-state index in [1.807, 2.05) is 62.3 Å². The molecule has 6 atom stereocenters. The summed E-state index contributed by atoms with van der Waals surface area (Å²) >= 11 is 0. The van der Waals surface area contributed by atoms with Gasteiger partial charge in [-0.05, 0) is 120 Å². The van der Waals surface area contributed by atoms with Gasteiger partial charge >= 0.3 is 12.1 Å². The monoisotopic (exact) mass is 1150 g/mol. The number of hydrogen-bond donors (Lipinski definition) is 5. The van der Waals surface area contributed by atoms with E-state index in [1.54, 1.807) is 47.4 Å². The summed E-state index contributed by atoms with van der Waals surface area (Å²) in [6, 6.07) is 30.9. The largest absolute Gasteiger partial charge is 0.490 e. The van der Waals surface area contributed by atoms with Crippen molar-refractivity contribution in [1.29, 1.82) is 0 Å². The molecule has 5 N–H and O–H groups in total. The van der Waals surface area contributed by atoms with E-state index in [0.29, 0.717) is 47.3 Å². The van der Waals surface area contributed by atoms with Gasteiger partial charge in [-0.1, -0.05) is 75.2 Å². The number of aliphatic hydroxyl groups excluding tert-OH is 2. The Morgan fingerprint density at radius 3 is 2.01 bits per heavy atom. The topological polar surface area (TPSA) is 221 Å². The molecule has 0 aromatic heterocycles. The number of alkyl halides is 3. The number of nitrogens with one attached hydrogen (secondary N) is 2. The van der Waals surface area contributed by atoms with Crippen LogP contribution in [0.25, 0.3) is 0 Å². The van der Waals surface area contributed by atoms with Crippen LogP contribution in [0.15, 0.2) is 120 Å². The molecule has 2 aliphatic heterocycles. The molecule has 438 valence electrons. The molecule has 7 rings (SSSR count). The number of fused-ring (bicyclic) bond motifs is 1. The highest BCUT2D eigenvalue weighted by molar-refractivity contribution is 7.91. The minimum Gasteiger partial charge on any atom is -0.475 e. The van der Waals surface area contributed by atoms with Gasteiger partial charge in [-0.3, -0.25) is 14.4 Å². The summed E-state index contributed by atoms with van der Waals surface area (Å²) in [5.41, 5.74) is 4.40. The molecule has 0 aliphatic carbocycles. The number of unbranched alkanes of at least 4 members (excludes halogenated alkanes) is 1. The zero-order valence-corrected chi connectivity index (χ0v) is 46.3. The third kappa shape index (κ3) is 16.9. The van der Waals surface area contributed by atoms with Crippen molar-refractivity contribution in [3.63, 3.8) is 0 Å². The number of halogens is 5. The Hall–Kier alpha value is -6.82. The molecule has 6 unspecified atom stereocenters. The van der Waals surface area contributed by atoms with Gasteiger partial charge in [-0.15, -0.1) is 0 Å². The van der Waals surface area contributed by atoms with E-state index in [-0.39, 0.29) is 81.1 Å². The van der Waals surface area contributed by atoms with E-state index in [0.717, 1.165) is 29.7 Å². The number of carbonyl (C=O) groups excluding carboxylic acids is 3. The third-order valence-electron chi connectivity index (χ3n) is 14.5. The number of carbonyl (C=O) groups is 4. The maximum atomic E-state index is 14.0. The third-order valence-corrected chi connectivity index (χ3v) is 16.4. The second-order valence-corrected chi connectivity index (χ2v) is 22.2. The maximum Gasteiger partial charge on any atom is 0.490 e. The number of sulfone groups is 1. The standard InChI is InChI=1S/C57H68F2N4O10S.C2HF3O2/c1-5-7-27-57(6-2)37-74(69,70)50-26-23-46(62(3)4)33-48(50)53(55(57)67)41-9-8-10-44(32-41)61-52(66)36-73-31-29-71-28-30-72-35-51(65)60-34-38-11-13-40(14-12-38)54-47(24-25-49(64)39-15-17-42(58)18-16-39)56(68)63(54)45-21-19-43(59)20-22-45;3-2(4,5)1(6)7/h8-23,26,32-33,47,49,53-55,64,67H,5-7,24-25,27-31,34-37H2,1-4H3,(H,60,65)(H,61,66);(H,6,7). The van der Waals surface area contributed by atoms with Crippen LogP contribution in [0.5, 0.6) is 0 Å². The molecular weight excluding hydrogens is 1080 g/mol. The molecular formula is C59H69F5N4O12S. The molecule has 1 saturated heterocycles. The van der Waals surface area contributed by atoms with Gasteiger partial charge in [0.05, 0.1) is 61.2 Å². The van der Waals surface area contributed by atoms with Gasteiger partial charge < -0.3 is 50.0 Å². The average Bonchev–Trinajstić information content (AvgIpc) is 3.54. The van der Waals surface area contributed by atoms with Crippen molar-refractivity contribution in [3.8, 4) is 0 Å². The van der Waals surface area contributed by atoms with Crippen molar-refractivity contribution in [1.82, 2.24) is 5.32 Å². The van der Waals surface area contributed by atoms with Crippen LogP contribution in [0, 0.1) is 23.0 Å². The second kappa shape index (κ2) is 28.7. The number of benzene rings is 5. The summed E-state index contributed by atoms with van der Waals surface area (Å²) in [4.78, 5) is 51.7. The number of rotatable bonds is 25. The summed E-state index contributed by atoms with van der Waals surface area (Å²) in [6.07, 6.45) is -3.64. The van der Waals surface area contributed by atoms with E-state index < -0.39 is 69.0 Å². The first-order valence-electron chi connectivity index (χ1n) is 26.5. The van der Waals surface area contributed by atoms with Gasteiger partial charge in [0.1, 0.15) is 24.8 Å². The molecule has 0 spiro atoms. The quantitative estimate of drug-likeness (QED) is 0.0209. The summed E-state index contributed by atoms with van der Waals surface area (Å²) in [5.74, 6) is -5.73. The Morgan fingerprint density at radius 2 is 1.42 bits per heavy atom. The lowest BCUT2D eigenvalue weighted by Crippen LogP contribution is -2.55. The van der Waals surface area contributed by atoms with Crippen LogP contribution >= 0.6 is 0 Å². The average molecular weight is 1150 g/mol. The Bertz CT molecular complexity index is 3020. The summed E-state index contributed by atoms with van der Waals surface area (Å²) in [5, 5.41) is 35.9. The van der Waals surface area contributed by atoms with Crippen molar-refractivity contribution in [2.45, 2.75) is 94.2 Å². The molecule has 81 heavy (non-hydrogen) atoms. The minimum atomic E-state index is -5.08. The first kappa shape index (κ1) is 63.4. The molecule has 1 fully saturated rings. The van der Waals surface area contributed by atoms with E-state index in [2.05, 4.69) is 17.6 Å². The molecule has 5 aromatic carbocycles. The number of carboxylic acids is 1. The summed E-state index contributed by atoms with van der Waals surface area (Å²) < 4.78 is 104. The van der Waals surface area contributed by atoms with Crippen LogP contribution in [-0.2, 0) is 49.8 Å². The molecule has 0 saturated carbocycles. The number of carboxylic acid groups (broad SMARTS) is 1. The van der Waals surface area contributed by atoms with Crippen LogP contribution in [0.4, 0.5) is 39.0 Å². The lowest BCUT2D eigenvalue weighted by atomic mass is 9.69. The molecule has 3 amide bonds. The van der Waals surface area contributed by atoms with E-state index in [1.165, 1.54) is 36.4 Å². The maximum absolute atomic E-state index is 14.0. The SMILES string of the molecule is CCCCC1(CC)CS(=O)(=O)c2ccc(N(C)C)cc2C(c2cccc(NC(=O)COCCOCCOCC(=O)NCc3ccc(C4C(CCC(O)c5ccc(F)cc5)C(=O)N4c4ccc(F)cc4)cc3)c2)C1O.O=C(O)C(F)(F)F. The lowest BCUT2D eigenvalue weighted by molar-refractivity contribution is -0.192. The van der Waals surface area contributed by atoms with Crippen LogP contribution in [0.3, 0.4) is 0 Å². The second-order valence-electron chi connectivity index (χ2n) is 20.2. The molecule has 2 heterocycles. The zero-order chi connectivity index (χ0) is 59.1. The zero-order valence-electron chi connectivity index (χ0n) is 45.5. The van der Waals surface area contributed by atoms with Crippen LogP contribution < -0.4 is 20.4 Å². The van der Waals surface area contributed by atoms with Crippen LogP contribution in [0.1, 0.15) is 98.3 Å². The highest BCUT2D eigenvalue weighted by Crippen LogP contribution is 2.50. The van der Waals surface area contributed by atoms with Gasteiger partial charge in [0.25, 0.3) is 0 Å². The van der Waals surface area contributed by atoms with E-state index >= 15 is 0 Å². The number of amides is 3. The van der Waals surface area contributed by atoms with Crippen LogP contribution in [0.2, 0.25) is 0 Å². The minimum absolute atomic E-state index is 0.125. The van der Waals surface area contributed by atoms with Crippen molar-refractivity contribution < 1.29 is 79.1 Å². The Morgan fingerprint density at radius 1 is 0.815 bits per heavy atom. The first-order valence-corrected chi connectivity index (χ1v) is 28.2. The number of aliphatic hydroxyl groups is 2. The van der Waals surface area contributed by atoms with Gasteiger partial charge in [0.15, 0.2) is 9.84 Å². The Labute approximate surface area is 468 Å². The van der Waals surface area contributed by atoms with Gasteiger partial charge in [0.2, 0.25) is 17.7 Å². The fourth-order valence-electron chi connectivity index (χ4n) is 10.1. The molecule has 0 radical (unpaired) electrons. The first-order chi connectivity index (χ1) is 38.5. The Kier molecular flexibility index (Phi) is 22.5. The van der Waals surface area contributed by atoms with Crippen molar-refractivity contribution in [2.24, 2.45) is 11.3 Å². The van der Waals surface area contributed by atoms with Gasteiger partial charge in [-0.25, -0.2) is 22.0 Å². The van der Waals surface area contributed by atoms with Crippen molar-refractivity contribution in [3.05, 3.63) is 155 Å². The number of β-lactam (4-membered cyclic amide) rings is 1. The van der Waals surface area contributed by atoms with Crippen molar-refractivity contribution >= 4 is 50.6 Å². The van der Waals surface area contributed by atoms with Gasteiger partial charge in [0, 0.05) is 49.0 Å². The smallest absolute Gasteiger partial charge is 0.475 e. The molecule has 16 nitrogen and oxygen atoms in total. The molecule has 22 heteroatoms. The summed E-state index contributed by atoms with van der Waals surface area (Å²) in [6.45, 7) is 4.42. The van der Waals surface area contributed by atoms with E-state index in [4.69, 9.17) is 24.1 Å². The van der Waals surface area contributed by atoms with Crippen LogP contribution in [-0.4, -0.2) is 119 Å². The summed E-state index contributed by atoms with van der Waals surface area (Å²) in [7, 11) is 0.0126. The Balaban J connectivity index is 0.00000141. The predicted octanol–water partition coefficient (Wildman–Crippen LogP) is 9.05. The number of hydrogen-bond acceptors (Lipinski definition) is 12. The highest BCUT2D eigenvalue weighted by Gasteiger charge is 2.50. The molecule has 2 aliphatic rings. The lowest BCUT2D eigenvalue weighted by Gasteiger charge is -2.48. The van der Waals surface area contributed by atoms with Crippen molar-refractivity contribution in [2.75, 3.05) is 74.6 Å². The molecule has 0 bridgehead atoms.